The fourth-order valence-corrected chi connectivity index (χ4v) is 3.20. The summed E-state index contributed by atoms with van der Waals surface area (Å²) in [5.74, 6) is -2.24. The largest absolute Gasteiger partial charge is 0.481 e. The monoisotopic (exact) mass is 340 g/mol. The second kappa shape index (κ2) is 8.08. The number of nitrogens with one attached hydrogen (secondary N) is 2. The Balaban J connectivity index is 2.07. The van der Waals surface area contributed by atoms with Gasteiger partial charge in [-0.3, -0.25) is 4.79 Å². The number of amides is 2. The molecule has 1 aromatic carbocycles. The minimum Gasteiger partial charge on any atom is -0.481 e. The third-order valence-corrected chi connectivity index (χ3v) is 4.36. The van der Waals surface area contributed by atoms with E-state index in [2.05, 4.69) is 10.6 Å². The summed E-state index contributed by atoms with van der Waals surface area (Å²) in [6.45, 7) is 0.222. The minimum absolute atomic E-state index is 0.0297. The SMILES string of the molecule is O=C(O)CCCNC(=O)NC1(c2ccc(F)cc2F)CCCCC1. The fraction of sp³-hybridized carbons (Fsp3) is 0.529. The van der Waals surface area contributed by atoms with Crippen LogP contribution in [0.4, 0.5) is 13.6 Å². The van der Waals surface area contributed by atoms with E-state index in [1.54, 1.807) is 0 Å². The van der Waals surface area contributed by atoms with Gasteiger partial charge in [0, 0.05) is 24.6 Å². The third-order valence-electron chi connectivity index (χ3n) is 4.36. The van der Waals surface area contributed by atoms with Crippen LogP contribution < -0.4 is 10.6 Å². The van der Waals surface area contributed by atoms with Crippen LogP contribution in [0.15, 0.2) is 18.2 Å². The summed E-state index contributed by atoms with van der Waals surface area (Å²) in [5, 5.41) is 14.0. The van der Waals surface area contributed by atoms with Gasteiger partial charge in [0.1, 0.15) is 11.6 Å². The molecule has 24 heavy (non-hydrogen) atoms. The van der Waals surface area contributed by atoms with Crippen molar-refractivity contribution in [3.05, 3.63) is 35.4 Å². The molecular formula is C17H22F2N2O3. The quantitative estimate of drug-likeness (QED) is 0.695. The molecule has 0 unspecified atom stereocenters. The average molecular weight is 340 g/mol. The van der Waals surface area contributed by atoms with Crippen molar-refractivity contribution in [2.75, 3.05) is 6.54 Å². The Hall–Kier alpha value is -2.18. The number of benzene rings is 1. The number of urea groups is 1. The van der Waals surface area contributed by atoms with E-state index >= 15 is 0 Å². The second-order valence-electron chi connectivity index (χ2n) is 6.15. The molecule has 132 valence electrons. The first-order valence-electron chi connectivity index (χ1n) is 8.16. The summed E-state index contributed by atoms with van der Waals surface area (Å²) >= 11 is 0. The summed E-state index contributed by atoms with van der Waals surface area (Å²) in [5.41, 5.74) is -0.559. The predicted octanol–water partition coefficient (Wildman–Crippen LogP) is 3.29. The zero-order valence-corrected chi connectivity index (χ0v) is 13.4. The summed E-state index contributed by atoms with van der Waals surface area (Å²) < 4.78 is 27.4. The first kappa shape index (κ1) is 18.2. The molecule has 3 N–H and O–H groups in total. The first-order chi connectivity index (χ1) is 11.4. The molecule has 0 saturated heterocycles. The van der Waals surface area contributed by atoms with Crippen LogP contribution in [-0.2, 0) is 10.3 Å². The Morgan fingerprint density at radius 2 is 1.88 bits per heavy atom. The van der Waals surface area contributed by atoms with Crippen molar-refractivity contribution in [3.63, 3.8) is 0 Å². The van der Waals surface area contributed by atoms with Gasteiger partial charge in [-0.1, -0.05) is 25.3 Å². The van der Waals surface area contributed by atoms with E-state index < -0.39 is 29.2 Å². The van der Waals surface area contributed by atoms with Gasteiger partial charge in [0.15, 0.2) is 0 Å². The van der Waals surface area contributed by atoms with E-state index in [0.717, 1.165) is 25.3 Å². The maximum Gasteiger partial charge on any atom is 0.315 e. The molecule has 0 atom stereocenters. The van der Waals surface area contributed by atoms with Crippen LogP contribution in [0.5, 0.6) is 0 Å². The lowest BCUT2D eigenvalue weighted by molar-refractivity contribution is -0.137. The highest BCUT2D eigenvalue weighted by atomic mass is 19.1. The number of rotatable bonds is 6. The van der Waals surface area contributed by atoms with Gasteiger partial charge in [0.25, 0.3) is 0 Å². The molecule has 0 spiro atoms. The smallest absolute Gasteiger partial charge is 0.315 e. The van der Waals surface area contributed by atoms with Gasteiger partial charge in [-0.25, -0.2) is 13.6 Å². The molecule has 5 nitrogen and oxygen atoms in total. The average Bonchev–Trinajstić information content (AvgIpc) is 2.52. The topological polar surface area (TPSA) is 78.4 Å². The van der Waals surface area contributed by atoms with E-state index in [-0.39, 0.29) is 13.0 Å². The van der Waals surface area contributed by atoms with Crippen molar-refractivity contribution in [1.29, 1.82) is 0 Å². The van der Waals surface area contributed by atoms with Crippen LogP contribution in [0.1, 0.15) is 50.5 Å². The Bertz CT molecular complexity index is 601. The third kappa shape index (κ3) is 4.66. The molecule has 1 saturated carbocycles. The van der Waals surface area contributed by atoms with Crippen molar-refractivity contribution in [1.82, 2.24) is 10.6 Å². The highest BCUT2D eigenvalue weighted by molar-refractivity contribution is 5.75. The van der Waals surface area contributed by atoms with Crippen molar-refractivity contribution < 1.29 is 23.5 Å². The summed E-state index contributed by atoms with van der Waals surface area (Å²) in [7, 11) is 0. The van der Waals surface area contributed by atoms with Crippen molar-refractivity contribution in [3.8, 4) is 0 Å². The van der Waals surface area contributed by atoms with Crippen LogP contribution in [0.3, 0.4) is 0 Å². The fourth-order valence-electron chi connectivity index (χ4n) is 3.20. The Kier molecular flexibility index (Phi) is 6.11. The number of carboxylic acid groups (broad SMARTS) is 1. The van der Waals surface area contributed by atoms with E-state index in [1.165, 1.54) is 12.1 Å². The number of carbonyl (C=O) groups excluding carboxylic acids is 1. The maximum atomic E-state index is 14.2. The molecular weight excluding hydrogens is 318 g/mol. The summed E-state index contributed by atoms with van der Waals surface area (Å²) in [4.78, 5) is 22.6. The molecule has 0 radical (unpaired) electrons. The molecule has 0 bridgehead atoms. The summed E-state index contributed by atoms with van der Waals surface area (Å²) in [6, 6.07) is 2.95. The van der Waals surface area contributed by atoms with Gasteiger partial charge >= 0.3 is 12.0 Å². The predicted molar refractivity (Wildman–Crippen MR) is 84.5 cm³/mol. The van der Waals surface area contributed by atoms with E-state index in [4.69, 9.17) is 5.11 Å². The summed E-state index contributed by atoms with van der Waals surface area (Å²) in [6.07, 6.45) is 4.15. The molecule has 1 aliphatic carbocycles. The molecule has 7 heteroatoms. The number of carbonyl (C=O) groups is 2. The molecule has 0 aliphatic heterocycles. The Morgan fingerprint density at radius 1 is 1.17 bits per heavy atom. The molecule has 1 fully saturated rings. The maximum absolute atomic E-state index is 14.2. The van der Waals surface area contributed by atoms with Crippen LogP contribution in [0, 0.1) is 11.6 Å². The number of carboxylic acids is 1. The number of hydrogen-bond acceptors (Lipinski definition) is 2. The molecule has 1 aliphatic rings. The van der Waals surface area contributed by atoms with Crippen molar-refractivity contribution in [2.45, 2.75) is 50.5 Å². The highest BCUT2D eigenvalue weighted by Crippen LogP contribution is 2.38. The lowest BCUT2D eigenvalue weighted by Crippen LogP contribution is -2.51. The number of aliphatic carboxylic acids is 1. The highest BCUT2D eigenvalue weighted by Gasteiger charge is 2.37. The van der Waals surface area contributed by atoms with Gasteiger partial charge in [-0.2, -0.15) is 0 Å². The molecule has 0 heterocycles. The molecule has 0 aromatic heterocycles. The molecule has 2 rings (SSSR count). The number of hydrogen-bond donors (Lipinski definition) is 3. The first-order valence-corrected chi connectivity index (χ1v) is 8.16. The number of halogens is 2. The van der Waals surface area contributed by atoms with E-state index in [0.29, 0.717) is 24.8 Å². The van der Waals surface area contributed by atoms with Gasteiger partial charge in [0.2, 0.25) is 0 Å². The van der Waals surface area contributed by atoms with Gasteiger partial charge in [-0.15, -0.1) is 0 Å². The van der Waals surface area contributed by atoms with E-state index in [9.17, 15) is 18.4 Å². The lowest BCUT2D eigenvalue weighted by atomic mass is 9.76. The molecule has 1 aromatic rings. The van der Waals surface area contributed by atoms with Crippen LogP contribution in [0.2, 0.25) is 0 Å². The van der Waals surface area contributed by atoms with Crippen LogP contribution >= 0.6 is 0 Å². The zero-order chi connectivity index (χ0) is 17.6. The van der Waals surface area contributed by atoms with Crippen LogP contribution in [0.25, 0.3) is 0 Å². The lowest BCUT2D eigenvalue weighted by Gasteiger charge is -2.38. The van der Waals surface area contributed by atoms with Gasteiger partial charge < -0.3 is 15.7 Å². The van der Waals surface area contributed by atoms with Gasteiger partial charge in [0.05, 0.1) is 5.54 Å². The van der Waals surface area contributed by atoms with E-state index in [1.807, 2.05) is 0 Å². The normalized spacial score (nSPS) is 16.4. The van der Waals surface area contributed by atoms with Gasteiger partial charge in [-0.05, 0) is 25.3 Å². The second-order valence-corrected chi connectivity index (χ2v) is 6.15. The minimum atomic E-state index is -0.922. The van der Waals surface area contributed by atoms with Crippen molar-refractivity contribution >= 4 is 12.0 Å². The van der Waals surface area contributed by atoms with Crippen molar-refractivity contribution in [2.24, 2.45) is 0 Å². The molecule has 2 amide bonds. The van der Waals surface area contributed by atoms with Crippen LogP contribution in [-0.4, -0.2) is 23.7 Å². The Morgan fingerprint density at radius 3 is 2.50 bits per heavy atom. The standard InChI is InChI=1S/C17H22F2N2O3/c18-12-6-7-13(14(19)11-12)17(8-2-1-3-9-17)21-16(24)20-10-4-5-15(22)23/h6-7,11H,1-5,8-10H2,(H,22,23)(H2,20,21,24). The Labute approximate surface area is 139 Å². The zero-order valence-electron chi connectivity index (χ0n) is 13.4.